The Kier molecular flexibility index (Phi) is 2.77. The van der Waals surface area contributed by atoms with Gasteiger partial charge in [0.25, 0.3) is 0 Å². The summed E-state index contributed by atoms with van der Waals surface area (Å²) in [5.41, 5.74) is 8.08. The third kappa shape index (κ3) is 1.53. The van der Waals surface area contributed by atoms with Crippen molar-refractivity contribution in [2.75, 3.05) is 4.90 Å². The van der Waals surface area contributed by atoms with Crippen molar-refractivity contribution in [3.05, 3.63) is 53.4 Å². The fourth-order valence-electron chi connectivity index (χ4n) is 5.45. The smallest absolute Gasteiger partial charge is 0.157 e. The lowest BCUT2D eigenvalue weighted by Crippen LogP contribution is -2.41. The summed E-state index contributed by atoms with van der Waals surface area (Å²) in [5.74, 6) is 0. The molecule has 0 saturated heterocycles. The number of benzene rings is 1. The predicted octanol–water partition coefficient (Wildman–Crippen LogP) is 5.43. The van der Waals surface area contributed by atoms with Crippen LogP contribution in [-0.4, -0.2) is 4.57 Å². The molecule has 1 spiro atoms. The van der Waals surface area contributed by atoms with E-state index in [1.54, 1.807) is 0 Å². The van der Waals surface area contributed by atoms with E-state index in [0.717, 1.165) is 5.58 Å². The Bertz CT molecular complexity index is 927. The van der Waals surface area contributed by atoms with E-state index in [1.165, 1.54) is 53.7 Å². The molecular weight excluding hydrogens is 296 g/mol. The average Bonchev–Trinajstić information content (AvgIpc) is 3.30. The minimum atomic E-state index is 0.122. The number of fused-ring (bicyclic) bond motifs is 4. The van der Waals surface area contributed by atoms with Gasteiger partial charge in [0, 0.05) is 24.4 Å². The molecule has 1 aliphatic carbocycles. The normalized spacial score (nSPS) is 22.0. The van der Waals surface area contributed by atoms with Crippen LogP contribution >= 0.6 is 0 Å². The second-order valence-corrected chi connectivity index (χ2v) is 7.53. The molecule has 3 aromatic rings. The number of aromatic nitrogens is 1. The molecule has 1 aliphatic heterocycles. The highest BCUT2D eigenvalue weighted by molar-refractivity contribution is 5.84. The maximum absolute atomic E-state index is 5.92. The zero-order valence-electron chi connectivity index (χ0n) is 14.7. The molecule has 2 aromatic heterocycles. The van der Waals surface area contributed by atoms with E-state index in [2.05, 4.69) is 60.7 Å². The molecule has 5 rings (SSSR count). The van der Waals surface area contributed by atoms with Crippen molar-refractivity contribution >= 4 is 16.8 Å². The van der Waals surface area contributed by atoms with E-state index in [4.69, 9.17) is 4.42 Å². The quantitative estimate of drug-likeness (QED) is 0.596. The molecule has 124 valence electrons. The summed E-state index contributed by atoms with van der Waals surface area (Å²) in [6.07, 6.45) is 6.91. The summed E-state index contributed by atoms with van der Waals surface area (Å²) in [7, 11) is 2.21. The number of aryl methyl sites for hydroxylation is 2. The van der Waals surface area contributed by atoms with Gasteiger partial charge in [-0.3, -0.25) is 0 Å². The molecule has 1 unspecified atom stereocenters. The monoisotopic (exact) mass is 320 g/mol. The summed E-state index contributed by atoms with van der Waals surface area (Å²) in [6.45, 7) is 4.58. The van der Waals surface area contributed by atoms with E-state index in [0.29, 0.717) is 6.04 Å². The van der Waals surface area contributed by atoms with Gasteiger partial charge in [-0.2, -0.15) is 0 Å². The Hall–Kier alpha value is -2.16. The van der Waals surface area contributed by atoms with Crippen LogP contribution < -0.4 is 4.90 Å². The number of nitrogens with zero attached hydrogens (tertiary/aromatic N) is 2. The van der Waals surface area contributed by atoms with Crippen LogP contribution in [0.1, 0.15) is 55.5 Å². The number of hydrogen-bond acceptors (Lipinski definition) is 2. The highest BCUT2D eigenvalue weighted by Crippen LogP contribution is 2.58. The molecule has 0 amide bonds. The van der Waals surface area contributed by atoms with Crippen molar-refractivity contribution in [3.8, 4) is 0 Å². The first-order chi connectivity index (χ1) is 11.6. The van der Waals surface area contributed by atoms with Crippen molar-refractivity contribution in [2.45, 2.75) is 51.1 Å². The van der Waals surface area contributed by atoms with Crippen molar-refractivity contribution in [1.82, 2.24) is 4.57 Å². The number of rotatable bonds is 1. The first-order valence-corrected chi connectivity index (χ1v) is 9.06. The summed E-state index contributed by atoms with van der Waals surface area (Å²) < 4.78 is 8.32. The third-order valence-electron chi connectivity index (χ3n) is 6.35. The minimum Gasteiger partial charge on any atom is -0.462 e. The second-order valence-electron chi connectivity index (χ2n) is 7.53. The Morgan fingerprint density at radius 1 is 1.12 bits per heavy atom. The molecule has 0 N–H and O–H groups in total. The minimum absolute atomic E-state index is 0.122. The SMILES string of the molecule is Cc1ccccc1N1C(C)c2c(n(C)c3ccoc23)C12CCCC2. The van der Waals surface area contributed by atoms with Crippen LogP contribution in [0.3, 0.4) is 0 Å². The second kappa shape index (κ2) is 4.69. The topological polar surface area (TPSA) is 21.3 Å². The van der Waals surface area contributed by atoms with Gasteiger partial charge in [-0.05, 0) is 38.3 Å². The van der Waals surface area contributed by atoms with Crippen molar-refractivity contribution in [1.29, 1.82) is 0 Å². The summed E-state index contributed by atoms with van der Waals surface area (Å²) in [4.78, 5) is 2.70. The molecule has 1 aromatic carbocycles. The highest BCUT2D eigenvalue weighted by Gasteiger charge is 2.54. The van der Waals surface area contributed by atoms with E-state index in [1.807, 2.05) is 6.26 Å². The lowest BCUT2D eigenvalue weighted by Gasteiger charge is -2.41. The molecule has 0 radical (unpaired) electrons. The van der Waals surface area contributed by atoms with Crippen LogP contribution in [-0.2, 0) is 12.6 Å². The molecule has 3 heteroatoms. The van der Waals surface area contributed by atoms with Gasteiger partial charge in [0.05, 0.1) is 29.1 Å². The van der Waals surface area contributed by atoms with Crippen molar-refractivity contribution in [2.24, 2.45) is 7.05 Å². The van der Waals surface area contributed by atoms with Gasteiger partial charge < -0.3 is 13.9 Å². The van der Waals surface area contributed by atoms with Crippen LogP contribution in [0.5, 0.6) is 0 Å². The maximum Gasteiger partial charge on any atom is 0.157 e. The fourth-order valence-corrected chi connectivity index (χ4v) is 5.45. The van der Waals surface area contributed by atoms with Crippen LogP contribution in [0.15, 0.2) is 41.0 Å². The molecule has 0 bridgehead atoms. The fraction of sp³-hybridized carbons (Fsp3) is 0.429. The van der Waals surface area contributed by atoms with E-state index in [9.17, 15) is 0 Å². The lowest BCUT2D eigenvalue weighted by atomic mass is 9.92. The van der Waals surface area contributed by atoms with E-state index in [-0.39, 0.29) is 5.54 Å². The molecule has 1 saturated carbocycles. The van der Waals surface area contributed by atoms with Crippen molar-refractivity contribution in [3.63, 3.8) is 0 Å². The van der Waals surface area contributed by atoms with Gasteiger partial charge in [-0.15, -0.1) is 0 Å². The van der Waals surface area contributed by atoms with Gasteiger partial charge in [0.2, 0.25) is 0 Å². The van der Waals surface area contributed by atoms with Gasteiger partial charge in [0.1, 0.15) is 0 Å². The van der Waals surface area contributed by atoms with Crippen LogP contribution in [0.2, 0.25) is 0 Å². The molecule has 1 atom stereocenters. The zero-order valence-corrected chi connectivity index (χ0v) is 14.7. The highest BCUT2D eigenvalue weighted by atomic mass is 16.3. The van der Waals surface area contributed by atoms with E-state index >= 15 is 0 Å². The summed E-state index contributed by atoms with van der Waals surface area (Å²) in [6, 6.07) is 11.3. The Morgan fingerprint density at radius 2 is 1.88 bits per heavy atom. The predicted molar refractivity (Wildman–Crippen MR) is 97.4 cm³/mol. The van der Waals surface area contributed by atoms with Crippen LogP contribution in [0.4, 0.5) is 5.69 Å². The largest absolute Gasteiger partial charge is 0.462 e. The zero-order chi connectivity index (χ0) is 16.5. The van der Waals surface area contributed by atoms with Gasteiger partial charge >= 0.3 is 0 Å². The molecule has 2 aliphatic rings. The average molecular weight is 320 g/mol. The van der Waals surface area contributed by atoms with Gasteiger partial charge in [-0.25, -0.2) is 0 Å². The van der Waals surface area contributed by atoms with Gasteiger partial charge in [0.15, 0.2) is 5.58 Å². The summed E-state index contributed by atoms with van der Waals surface area (Å²) >= 11 is 0. The molecule has 3 nitrogen and oxygen atoms in total. The van der Waals surface area contributed by atoms with Crippen molar-refractivity contribution < 1.29 is 4.42 Å². The molecule has 1 fully saturated rings. The number of hydrogen-bond donors (Lipinski definition) is 0. The maximum atomic E-state index is 5.92. The van der Waals surface area contributed by atoms with Crippen LogP contribution in [0.25, 0.3) is 11.1 Å². The van der Waals surface area contributed by atoms with Gasteiger partial charge in [-0.1, -0.05) is 31.0 Å². The molecule has 24 heavy (non-hydrogen) atoms. The summed E-state index contributed by atoms with van der Waals surface area (Å²) in [5, 5.41) is 0. The first-order valence-electron chi connectivity index (χ1n) is 9.06. The third-order valence-corrected chi connectivity index (χ3v) is 6.35. The van der Waals surface area contributed by atoms with E-state index < -0.39 is 0 Å². The molecule has 3 heterocycles. The number of para-hydroxylation sites is 1. The van der Waals surface area contributed by atoms with Crippen LogP contribution in [0, 0.1) is 6.92 Å². The Labute approximate surface area is 142 Å². The molecular formula is C21H24N2O. The Balaban J connectivity index is 1.82. The first kappa shape index (κ1) is 14.2. The standard InChI is InChI=1S/C21H24N2O/c1-14-8-4-5-9-16(14)23-15(2)18-19-17(10-13-24-19)22(3)20(18)21(23)11-6-7-12-21/h4-5,8-10,13,15H,6-7,11-12H2,1-3H3. The Morgan fingerprint density at radius 3 is 2.62 bits per heavy atom. The number of furan rings is 1. The number of anilines is 1. The lowest BCUT2D eigenvalue weighted by molar-refractivity contribution is 0.398.